The van der Waals surface area contributed by atoms with Crippen LogP contribution < -0.4 is 5.32 Å². The Bertz CT molecular complexity index is 590. The number of benzene rings is 1. The fraction of sp³-hybridized carbons (Fsp3) is 0.467. The van der Waals surface area contributed by atoms with Gasteiger partial charge in [0.25, 0.3) is 0 Å². The fourth-order valence-electron chi connectivity index (χ4n) is 3.14. The molecule has 1 aliphatic heterocycles. The minimum atomic E-state index is 0.201. The van der Waals surface area contributed by atoms with Crippen molar-refractivity contribution in [3.63, 3.8) is 0 Å². The predicted octanol–water partition coefficient (Wildman–Crippen LogP) is 3.17. The van der Waals surface area contributed by atoms with E-state index in [1.165, 1.54) is 33.3 Å². The minimum Gasteiger partial charge on any atom is -0.358 e. The molecule has 2 nitrogen and oxygen atoms in total. The highest BCUT2D eigenvalue weighted by Gasteiger charge is 2.30. The molecule has 0 radical (unpaired) electrons. The van der Waals surface area contributed by atoms with Crippen molar-refractivity contribution < 1.29 is 0 Å². The Kier molecular flexibility index (Phi) is 2.14. The summed E-state index contributed by atoms with van der Waals surface area (Å²) >= 11 is 0. The molecule has 0 saturated carbocycles. The molecule has 2 aromatic rings. The Labute approximate surface area is 102 Å². The quantitative estimate of drug-likeness (QED) is 0.712. The number of H-pyrrole nitrogens is 1. The van der Waals surface area contributed by atoms with Crippen LogP contribution in [0, 0.1) is 13.8 Å². The number of aromatic amines is 1. The Morgan fingerprint density at radius 1 is 1.18 bits per heavy atom. The van der Waals surface area contributed by atoms with Gasteiger partial charge in [-0.25, -0.2) is 0 Å². The molecule has 1 aliphatic rings. The van der Waals surface area contributed by atoms with Crippen molar-refractivity contribution >= 4 is 10.9 Å². The number of aryl methyl sites for hydroxylation is 2. The molecule has 0 bridgehead atoms. The molecule has 3 rings (SSSR count). The highest BCUT2D eigenvalue weighted by atomic mass is 14.9. The van der Waals surface area contributed by atoms with Gasteiger partial charge in [-0.1, -0.05) is 19.9 Å². The third-order valence-corrected chi connectivity index (χ3v) is 3.89. The monoisotopic (exact) mass is 228 g/mol. The first-order valence-electron chi connectivity index (χ1n) is 6.32. The van der Waals surface area contributed by atoms with Crippen LogP contribution in [0.25, 0.3) is 10.9 Å². The van der Waals surface area contributed by atoms with Gasteiger partial charge in [-0.15, -0.1) is 0 Å². The lowest BCUT2D eigenvalue weighted by atomic mass is 9.83. The standard InChI is InChI=1S/C15H20N2/c1-9-5-10(2)13-11-7-16-8-15(3,4)14(11)17-12(13)6-9/h5-6,16-17H,7-8H2,1-4H3. The van der Waals surface area contributed by atoms with Crippen LogP contribution in [-0.4, -0.2) is 11.5 Å². The normalized spacial score (nSPS) is 18.4. The lowest BCUT2D eigenvalue weighted by Crippen LogP contribution is -2.38. The zero-order chi connectivity index (χ0) is 12.2. The first-order valence-corrected chi connectivity index (χ1v) is 6.32. The SMILES string of the molecule is Cc1cc(C)c2c3c([nH]c2c1)C(C)(C)CNC3. The van der Waals surface area contributed by atoms with E-state index in [0.29, 0.717) is 0 Å². The first kappa shape index (κ1) is 10.8. The number of fused-ring (bicyclic) bond motifs is 3. The summed E-state index contributed by atoms with van der Waals surface area (Å²) in [6.45, 7) is 11.0. The van der Waals surface area contributed by atoms with Gasteiger partial charge in [0.2, 0.25) is 0 Å². The molecule has 90 valence electrons. The highest BCUT2D eigenvalue weighted by molar-refractivity contribution is 5.89. The Balaban J connectivity index is 2.38. The van der Waals surface area contributed by atoms with Crippen molar-refractivity contribution in [1.82, 2.24) is 10.3 Å². The Morgan fingerprint density at radius 3 is 2.71 bits per heavy atom. The van der Waals surface area contributed by atoms with E-state index >= 15 is 0 Å². The molecular weight excluding hydrogens is 208 g/mol. The number of nitrogens with one attached hydrogen (secondary N) is 2. The van der Waals surface area contributed by atoms with Gasteiger partial charge < -0.3 is 10.3 Å². The molecular formula is C15H20N2. The van der Waals surface area contributed by atoms with E-state index in [4.69, 9.17) is 0 Å². The summed E-state index contributed by atoms with van der Waals surface area (Å²) in [4.78, 5) is 3.65. The Morgan fingerprint density at radius 2 is 1.94 bits per heavy atom. The smallest absolute Gasteiger partial charge is 0.0464 e. The summed E-state index contributed by atoms with van der Waals surface area (Å²) in [6.07, 6.45) is 0. The highest BCUT2D eigenvalue weighted by Crippen LogP contribution is 2.35. The van der Waals surface area contributed by atoms with E-state index < -0.39 is 0 Å². The molecule has 2 heteroatoms. The molecule has 0 aliphatic carbocycles. The molecule has 2 N–H and O–H groups in total. The summed E-state index contributed by atoms with van der Waals surface area (Å²) in [5.41, 5.74) is 7.10. The molecule has 0 fully saturated rings. The van der Waals surface area contributed by atoms with Crippen molar-refractivity contribution in [3.8, 4) is 0 Å². The molecule has 1 aromatic carbocycles. The number of aromatic nitrogens is 1. The number of hydrogen-bond acceptors (Lipinski definition) is 1. The van der Waals surface area contributed by atoms with Crippen LogP contribution in [0.3, 0.4) is 0 Å². The lowest BCUT2D eigenvalue weighted by Gasteiger charge is -2.30. The van der Waals surface area contributed by atoms with Crippen molar-refractivity contribution in [2.45, 2.75) is 39.7 Å². The van der Waals surface area contributed by atoms with E-state index in [9.17, 15) is 0 Å². The molecule has 0 spiro atoms. The summed E-state index contributed by atoms with van der Waals surface area (Å²) in [5.74, 6) is 0. The maximum Gasteiger partial charge on any atom is 0.0464 e. The molecule has 0 unspecified atom stereocenters. The molecule has 0 atom stereocenters. The summed E-state index contributed by atoms with van der Waals surface area (Å²) in [7, 11) is 0. The zero-order valence-electron chi connectivity index (χ0n) is 11.1. The zero-order valence-corrected chi connectivity index (χ0v) is 11.1. The van der Waals surface area contributed by atoms with E-state index in [2.05, 4.69) is 50.1 Å². The topological polar surface area (TPSA) is 27.8 Å². The predicted molar refractivity (Wildman–Crippen MR) is 72.5 cm³/mol. The van der Waals surface area contributed by atoms with Gasteiger partial charge >= 0.3 is 0 Å². The van der Waals surface area contributed by atoms with E-state index in [1.54, 1.807) is 0 Å². The second-order valence-corrected chi connectivity index (χ2v) is 5.97. The van der Waals surface area contributed by atoms with Crippen LogP contribution in [-0.2, 0) is 12.0 Å². The Hall–Kier alpha value is -1.28. The van der Waals surface area contributed by atoms with Crippen LogP contribution in [0.5, 0.6) is 0 Å². The third kappa shape index (κ3) is 1.51. The number of rotatable bonds is 0. The second-order valence-electron chi connectivity index (χ2n) is 5.97. The summed E-state index contributed by atoms with van der Waals surface area (Å²) in [5, 5.41) is 4.95. The molecule has 0 saturated heterocycles. The lowest BCUT2D eigenvalue weighted by molar-refractivity contribution is 0.427. The first-order chi connectivity index (χ1) is 7.99. The largest absolute Gasteiger partial charge is 0.358 e. The maximum atomic E-state index is 3.65. The molecule has 2 heterocycles. The van der Waals surface area contributed by atoms with Crippen molar-refractivity contribution in [1.29, 1.82) is 0 Å². The summed E-state index contributed by atoms with van der Waals surface area (Å²) in [6, 6.07) is 4.54. The van der Waals surface area contributed by atoms with Gasteiger partial charge in [0.05, 0.1) is 0 Å². The average molecular weight is 228 g/mol. The van der Waals surface area contributed by atoms with E-state index in [-0.39, 0.29) is 5.41 Å². The summed E-state index contributed by atoms with van der Waals surface area (Å²) < 4.78 is 0. The van der Waals surface area contributed by atoms with E-state index in [1.807, 2.05) is 0 Å². The molecule has 0 amide bonds. The van der Waals surface area contributed by atoms with Crippen LogP contribution in [0.15, 0.2) is 12.1 Å². The maximum absolute atomic E-state index is 3.65. The van der Waals surface area contributed by atoms with Gasteiger partial charge in [-0.3, -0.25) is 0 Å². The fourth-order valence-corrected chi connectivity index (χ4v) is 3.14. The molecule has 17 heavy (non-hydrogen) atoms. The van der Waals surface area contributed by atoms with Crippen LogP contribution in [0.2, 0.25) is 0 Å². The van der Waals surface area contributed by atoms with Crippen LogP contribution >= 0.6 is 0 Å². The van der Waals surface area contributed by atoms with Crippen LogP contribution in [0.4, 0.5) is 0 Å². The van der Waals surface area contributed by atoms with Gasteiger partial charge in [0.1, 0.15) is 0 Å². The van der Waals surface area contributed by atoms with Crippen molar-refractivity contribution in [2.75, 3.05) is 6.54 Å². The van der Waals surface area contributed by atoms with Gasteiger partial charge in [0.15, 0.2) is 0 Å². The van der Waals surface area contributed by atoms with Crippen LogP contribution in [0.1, 0.15) is 36.2 Å². The average Bonchev–Trinajstić information content (AvgIpc) is 2.57. The van der Waals surface area contributed by atoms with Gasteiger partial charge in [-0.05, 0) is 36.6 Å². The second kappa shape index (κ2) is 3.36. The van der Waals surface area contributed by atoms with Crippen molar-refractivity contribution in [3.05, 3.63) is 34.5 Å². The van der Waals surface area contributed by atoms with E-state index in [0.717, 1.165) is 13.1 Å². The molecule has 1 aromatic heterocycles. The number of hydrogen-bond donors (Lipinski definition) is 2. The third-order valence-electron chi connectivity index (χ3n) is 3.89. The van der Waals surface area contributed by atoms with Gasteiger partial charge in [-0.2, -0.15) is 0 Å². The minimum absolute atomic E-state index is 0.201. The van der Waals surface area contributed by atoms with Crippen molar-refractivity contribution in [2.24, 2.45) is 0 Å². The van der Waals surface area contributed by atoms with Gasteiger partial charge in [0, 0.05) is 35.1 Å².